The van der Waals surface area contributed by atoms with Gasteiger partial charge in [-0.15, -0.1) is 11.3 Å². The smallest absolute Gasteiger partial charge is 0.138 e. The Hall–Kier alpha value is -1.98. The van der Waals surface area contributed by atoms with Crippen LogP contribution in [0.4, 0.5) is 5.82 Å². The lowest BCUT2D eigenvalue weighted by Gasteiger charge is -2.18. The Kier molecular flexibility index (Phi) is 4.95. The van der Waals surface area contributed by atoms with E-state index >= 15 is 0 Å². The SMILES string of the molecule is OCCC(CNc1ncnc2sc3c(c12)CCCC3)c1ccccc1. The summed E-state index contributed by atoms with van der Waals surface area (Å²) in [5.74, 6) is 1.22. The highest BCUT2D eigenvalue weighted by molar-refractivity contribution is 7.19. The van der Waals surface area contributed by atoms with Crippen molar-refractivity contribution >= 4 is 27.4 Å². The largest absolute Gasteiger partial charge is 0.396 e. The van der Waals surface area contributed by atoms with E-state index in [1.165, 1.54) is 40.7 Å². The second-order valence-electron chi connectivity index (χ2n) is 6.61. The Labute approximate surface area is 152 Å². The minimum absolute atomic E-state index is 0.189. The Bertz CT molecular complexity index is 847. The monoisotopic (exact) mass is 353 g/mol. The van der Waals surface area contributed by atoms with Crippen LogP contribution in [0.1, 0.15) is 41.2 Å². The van der Waals surface area contributed by atoms with E-state index in [9.17, 15) is 5.11 Å². The minimum atomic E-state index is 0.189. The minimum Gasteiger partial charge on any atom is -0.396 e. The summed E-state index contributed by atoms with van der Waals surface area (Å²) in [6.07, 6.45) is 7.25. The van der Waals surface area contributed by atoms with Crippen molar-refractivity contribution in [3.05, 3.63) is 52.7 Å². The number of rotatable bonds is 6. The number of aliphatic hydroxyl groups is 1. The fraction of sp³-hybridized carbons (Fsp3) is 0.400. The second kappa shape index (κ2) is 7.50. The highest BCUT2D eigenvalue weighted by atomic mass is 32.1. The molecular weight excluding hydrogens is 330 g/mol. The van der Waals surface area contributed by atoms with E-state index in [-0.39, 0.29) is 12.5 Å². The molecule has 2 N–H and O–H groups in total. The standard InChI is InChI=1S/C20H23N3OS/c24-11-10-15(14-6-2-1-3-7-14)12-21-19-18-16-8-4-5-9-17(16)25-20(18)23-13-22-19/h1-3,6-7,13,15,24H,4-5,8-12H2,(H,21,22,23). The third-order valence-corrected chi connectivity index (χ3v) is 6.22. The second-order valence-corrected chi connectivity index (χ2v) is 7.70. The molecule has 1 unspecified atom stereocenters. The first-order chi connectivity index (χ1) is 12.4. The summed E-state index contributed by atoms with van der Waals surface area (Å²) in [6.45, 7) is 0.954. The molecule has 0 saturated carbocycles. The molecule has 1 aliphatic rings. The Morgan fingerprint density at radius 2 is 1.96 bits per heavy atom. The number of aromatic nitrogens is 2. The summed E-state index contributed by atoms with van der Waals surface area (Å²) in [6, 6.07) is 10.4. The molecule has 4 nitrogen and oxygen atoms in total. The van der Waals surface area contributed by atoms with Gasteiger partial charge < -0.3 is 10.4 Å². The molecule has 2 heterocycles. The first-order valence-corrected chi connectivity index (χ1v) is 9.83. The van der Waals surface area contributed by atoms with Gasteiger partial charge in [0.05, 0.1) is 5.39 Å². The van der Waals surface area contributed by atoms with Gasteiger partial charge in [-0.1, -0.05) is 30.3 Å². The van der Waals surface area contributed by atoms with Crippen LogP contribution in [0.25, 0.3) is 10.2 Å². The Morgan fingerprint density at radius 1 is 1.12 bits per heavy atom. The molecule has 4 rings (SSSR count). The zero-order valence-electron chi connectivity index (χ0n) is 14.2. The lowest BCUT2D eigenvalue weighted by molar-refractivity contribution is 0.277. The summed E-state index contributed by atoms with van der Waals surface area (Å²) in [5.41, 5.74) is 2.70. The van der Waals surface area contributed by atoms with Crippen LogP contribution < -0.4 is 5.32 Å². The average molecular weight is 353 g/mol. The molecule has 0 aliphatic heterocycles. The fourth-order valence-corrected chi connectivity index (χ4v) is 4.94. The van der Waals surface area contributed by atoms with Crippen molar-refractivity contribution in [2.75, 3.05) is 18.5 Å². The molecule has 130 valence electrons. The summed E-state index contributed by atoms with van der Waals surface area (Å²) >= 11 is 1.82. The zero-order valence-corrected chi connectivity index (χ0v) is 15.1. The third kappa shape index (κ3) is 3.39. The maximum absolute atomic E-state index is 9.44. The highest BCUT2D eigenvalue weighted by Gasteiger charge is 2.20. The van der Waals surface area contributed by atoms with Crippen LogP contribution in [-0.4, -0.2) is 28.2 Å². The maximum atomic E-state index is 9.44. The summed E-state index contributed by atoms with van der Waals surface area (Å²) in [5, 5.41) is 14.2. The van der Waals surface area contributed by atoms with Crippen LogP contribution in [-0.2, 0) is 12.8 Å². The van der Waals surface area contributed by atoms with Crippen LogP contribution in [0, 0.1) is 0 Å². The quantitative estimate of drug-likeness (QED) is 0.699. The molecule has 25 heavy (non-hydrogen) atoms. The third-order valence-electron chi connectivity index (χ3n) is 5.02. The maximum Gasteiger partial charge on any atom is 0.138 e. The number of anilines is 1. The number of hydrogen-bond acceptors (Lipinski definition) is 5. The Morgan fingerprint density at radius 3 is 2.80 bits per heavy atom. The van der Waals surface area contributed by atoms with E-state index in [0.717, 1.165) is 30.0 Å². The van der Waals surface area contributed by atoms with Gasteiger partial charge in [0, 0.05) is 23.9 Å². The van der Waals surface area contributed by atoms with E-state index in [1.54, 1.807) is 6.33 Å². The molecule has 1 aromatic carbocycles. The van der Waals surface area contributed by atoms with Gasteiger partial charge in [0.1, 0.15) is 17.0 Å². The van der Waals surface area contributed by atoms with E-state index in [4.69, 9.17) is 0 Å². The molecule has 1 aliphatic carbocycles. The molecule has 0 saturated heterocycles. The first-order valence-electron chi connectivity index (χ1n) is 9.01. The van der Waals surface area contributed by atoms with Crippen molar-refractivity contribution in [3.63, 3.8) is 0 Å². The number of fused-ring (bicyclic) bond motifs is 3. The molecule has 0 fully saturated rings. The van der Waals surface area contributed by atoms with Gasteiger partial charge >= 0.3 is 0 Å². The summed E-state index contributed by atoms with van der Waals surface area (Å²) in [7, 11) is 0. The molecule has 1 atom stereocenters. The van der Waals surface area contributed by atoms with Gasteiger partial charge in [0.15, 0.2) is 0 Å². The van der Waals surface area contributed by atoms with Gasteiger partial charge in [0.25, 0.3) is 0 Å². The topological polar surface area (TPSA) is 58.0 Å². The first kappa shape index (κ1) is 16.5. The van der Waals surface area contributed by atoms with E-state index in [1.807, 2.05) is 17.4 Å². The van der Waals surface area contributed by atoms with Crippen molar-refractivity contribution in [2.45, 2.75) is 38.0 Å². The number of thiophene rings is 1. The number of hydrogen-bond donors (Lipinski definition) is 2. The van der Waals surface area contributed by atoms with Crippen molar-refractivity contribution in [1.82, 2.24) is 9.97 Å². The van der Waals surface area contributed by atoms with Crippen LogP contribution in [0.5, 0.6) is 0 Å². The average Bonchev–Trinajstić information content (AvgIpc) is 3.05. The van der Waals surface area contributed by atoms with Crippen LogP contribution in [0.2, 0.25) is 0 Å². The molecule has 5 heteroatoms. The normalized spacial score (nSPS) is 15.1. The molecule has 0 radical (unpaired) electrons. The number of nitrogens with zero attached hydrogens (tertiary/aromatic N) is 2. The number of aryl methyl sites for hydroxylation is 2. The number of aliphatic hydroxyl groups excluding tert-OH is 1. The van der Waals surface area contributed by atoms with Gasteiger partial charge in [-0.3, -0.25) is 0 Å². The van der Waals surface area contributed by atoms with Crippen molar-refractivity contribution in [1.29, 1.82) is 0 Å². The lowest BCUT2D eigenvalue weighted by atomic mass is 9.95. The number of nitrogens with one attached hydrogen (secondary N) is 1. The Balaban J connectivity index is 1.61. The molecular formula is C20H23N3OS. The molecule has 3 aromatic rings. The van der Waals surface area contributed by atoms with Gasteiger partial charge in [-0.25, -0.2) is 9.97 Å². The van der Waals surface area contributed by atoms with E-state index in [2.05, 4.69) is 39.6 Å². The van der Waals surface area contributed by atoms with E-state index in [0.29, 0.717) is 0 Å². The molecule has 0 spiro atoms. The van der Waals surface area contributed by atoms with Crippen molar-refractivity contribution < 1.29 is 5.11 Å². The van der Waals surface area contributed by atoms with Gasteiger partial charge in [-0.05, 0) is 43.2 Å². The van der Waals surface area contributed by atoms with E-state index < -0.39 is 0 Å². The molecule has 0 bridgehead atoms. The summed E-state index contributed by atoms with van der Waals surface area (Å²) in [4.78, 5) is 11.6. The van der Waals surface area contributed by atoms with Crippen molar-refractivity contribution in [2.24, 2.45) is 0 Å². The highest BCUT2D eigenvalue weighted by Crippen LogP contribution is 2.38. The lowest BCUT2D eigenvalue weighted by Crippen LogP contribution is -2.15. The molecule has 2 aromatic heterocycles. The predicted octanol–water partition coefficient (Wildman–Crippen LogP) is 4.15. The van der Waals surface area contributed by atoms with Crippen LogP contribution >= 0.6 is 11.3 Å². The van der Waals surface area contributed by atoms with Crippen molar-refractivity contribution in [3.8, 4) is 0 Å². The molecule has 0 amide bonds. The van der Waals surface area contributed by atoms with Gasteiger partial charge in [-0.2, -0.15) is 0 Å². The predicted molar refractivity (Wildman–Crippen MR) is 103 cm³/mol. The van der Waals surface area contributed by atoms with Crippen LogP contribution in [0.3, 0.4) is 0 Å². The van der Waals surface area contributed by atoms with Gasteiger partial charge in [0.2, 0.25) is 0 Å². The van der Waals surface area contributed by atoms with Crippen LogP contribution in [0.15, 0.2) is 36.7 Å². The zero-order chi connectivity index (χ0) is 17.1. The fourth-order valence-electron chi connectivity index (χ4n) is 3.71. The number of benzene rings is 1. The summed E-state index contributed by atoms with van der Waals surface area (Å²) < 4.78 is 0.